The number of carbonyl (C=O) groups excluding carboxylic acids is 1. The number of carbonyl (C=O) groups is 1. The van der Waals surface area contributed by atoms with Crippen LogP contribution in [0.4, 0.5) is 0 Å². The summed E-state index contributed by atoms with van der Waals surface area (Å²) in [4.78, 5) is 18.4. The highest BCUT2D eigenvalue weighted by atomic mass is 16.4. The second kappa shape index (κ2) is 5.74. The molecule has 1 heterocycles. The Kier molecular flexibility index (Phi) is 4.31. The van der Waals surface area contributed by atoms with Crippen molar-refractivity contribution in [2.75, 3.05) is 0 Å². The zero-order valence-electron chi connectivity index (χ0n) is 8.97. The largest absolute Gasteiger partial charge is 0.409 e. The van der Waals surface area contributed by atoms with E-state index in [-0.39, 0.29) is 24.2 Å². The molecule has 0 fully saturated rings. The first kappa shape index (κ1) is 12.0. The van der Waals surface area contributed by atoms with Crippen molar-refractivity contribution >= 4 is 11.7 Å². The number of hydrogen-bond acceptors (Lipinski definition) is 4. The SMILES string of the molecule is CCC(NC(=O)C/C(N)=N/O)c1ncc[nH]1. The van der Waals surface area contributed by atoms with E-state index in [1.54, 1.807) is 12.4 Å². The number of nitrogens with two attached hydrogens (primary N) is 1. The number of aromatic amines is 1. The molecule has 0 saturated carbocycles. The Morgan fingerprint density at radius 3 is 3.06 bits per heavy atom. The zero-order valence-corrected chi connectivity index (χ0v) is 8.97. The predicted octanol–water partition coefficient (Wildman–Crippen LogP) is 0.114. The summed E-state index contributed by atoms with van der Waals surface area (Å²) in [6, 6.07) is -0.186. The smallest absolute Gasteiger partial charge is 0.228 e. The first-order valence-electron chi connectivity index (χ1n) is 4.92. The van der Waals surface area contributed by atoms with Crippen molar-refractivity contribution in [3.63, 3.8) is 0 Å². The molecule has 1 atom stereocenters. The molecule has 0 aliphatic carbocycles. The van der Waals surface area contributed by atoms with Gasteiger partial charge in [0.15, 0.2) is 0 Å². The number of oxime groups is 1. The van der Waals surface area contributed by atoms with Crippen LogP contribution in [0.3, 0.4) is 0 Å². The van der Waals surface area contributed by atoms with E-state index in [1.165, 1.54) is 0 Å². The van der Waals surface area contributed by atoms with Crippen LogP contribution in [0.2, 0.25) is 0 Å². The van der Waals surface area contributed by atoms with Crippen LogP contribution in [-0.2, 0) is 4.79 Å². The average molecular weight is 225 g/mol. The molecular formula is C9H15N5O2. The molecule has 0 aliphatic rings. The molecule has 1 aromatic rings. The van der Waals surface area contributed by atoms with Crippen molar-refractivity contribution in [1.82, 2.24) is 15.3 Å². The van der Waals surface area contributed by atoms with Crippen LogP contribution in [0.5, 0.6) is 0 Å². The van der Waals surface area contributed by atoms with E-state index in [1.807, 2.05) is 6.92 Å². The van der Waals surface area contributed by atoms with E-state index < -0.39 is 0 Å². The van der Waals surface area contributed by atoms with Crippen LogP contribution >= 0.6 is 0 Å². The molecule has 0 aromatic carbocycles. The van der Waals surface area contributed by atoms with Crippen LogP contribution in [0, 0.1) is 0 Å². The highest BCUT2D eigenvalue weighted by molar-refractivity contribution is 5.98. The van der Waals surface area contributed by atoms with E-state index >= 15 is 0 Å². The Hall–Kier alpha value is -2.05. The molecule has 7 nitrogen and oxygen atoms in total. The minimum atomic E-state index is -0.307. The standard InChI is InChI=1S/C9H15N5O2/c1-2-6(9-11-3-4-12-9)13-8(15)5-7(10)14-16/h3-4,6,16H,2,5H2,1H3,(H2,10,14)(H,11,12)(H,13,15). The lowest BCUT2D eigenvalue weighted by molar-refractivity contribution is -0.120. The maximum atomic E-state index is 11.5. The number of nitrogens with one attached hydrogen (secondary N) is 2. The van der Waals surface area contributed by atoms with E-state index in [2.05, 4.69) is 20.4 Å². The Bertz CT molecular complexity index is 360. The zero-order chi connectivity index (χ0) is 12.0. The first-order valence-corrected chi connectivity index (χ1v) is 4.92. The summed E-state index contributed by atoms with van der Waals surface area (Å²) < 4.78 is 0. The molecule has 0 spiro atoms. The second-order valence-corrected chi connectivity index (χ2v) is 3.27. The fourth-order valence-corrected chi connectivity index (χ4v) is 1.28. The summed E-state index contributed by atoms with van der Waals surface area (Å²) in [6.45, 7) is 1.93. The third-order valence-corrected chi connectivity index (χ3v) is 2.06. The quantitative estimate of drug-likeness (QED) is 0.246. The highest BCUT2D eigenvalue weighted by Gasteiger charge is 2.15. The number of rotatable bonds is 5. The van der Waals surface area contributed by atoms with Gasteiger partial charge in [-0.25, -0.2) is 4.98 Å². The highest BCUT2D eigenvalue weighted by Crippen LogP contribution is 2.11. The fraction of sp³-hybridized carbons (Fsp3) is 0.444. The van der Waals surface area contributed by atoms with Gasteiger partial charge in [0, 0.05) is 12.4 Å². The number of amides is 1. The number of hydrogen-bond donors (Lipinski definition) is 4. The van der Waals surface area contributed by atoms with Crippen molar-refractivity contribution in [2.24, 2.45) is 10.9 Å². The van der Waals surface area contributed by atoms with Crippen LogP contribution in [0.25, 0.3) is 0 Å². The molecule has 16 heavy (non-hydrogen) atoms. The van der Waals surface area contributed by atoms with Gasteiger partial charge in [-0.1, -0.05) is 12.1 Å². The molecule has 7 heteroatoms. The molecule has 1 aromatic heterocycles. The summed E-state index contributed by atoms with van der Waals surface area (Å²) in [5.74, 6) is 0.265. The Morgan fingerprint density at radius 2 is 2.56 bits per heavy atom. The van der Waals surface area contributed by atoms with Gasteiger partial charge in [-0.3, -0.25) is 4.79 Å². The van der Waals surface area contributed by atoms with Gasteiger partial charge in [0.25, 0.3) is 0 Å². The number of amidine groups is 1. The van der Waals surface area contributed by atoms with Crippen LogP contribution < -0.4 is 11.1 Å². The first-order chi connectivity index (χ1) is 7.67. The van der Waals surface area contributed by atoms with Gasteiger partial charge in [0.05, 0.1) is 12.5 Å². The van der Waals surface area contributed by atoms with E-state index in [9.17, 15) is 4.79 Å². The van der Waals surface area contributed by atoms with Crippen LogP contribution in [0.15, 0.2) is 17.5 Å². The van der Waals surface area contributed by atoms with Gasteiger partial charge < -0.3 is 21.2 Å². The third-order valence-electron chi connectivity index (χ3n) is 2.06. The second-order valence-electron chi connectivity index (χ2n) is 3.27. The molecule has 0 bridgehead atoms. The monoisotopic (exact) mass is 225 g/mol. The predicted molar refractivity (Wildman–Crippen MR) is 57.8 cm³/mol. The lowest BCUT2D eigenvalue weighted by Crippen LogP contribution is -2.32. The fourth-order valence-electron chi connectivity index (χ4n) is 1.28. The molecule has 0 aliphatic heterocycles. The molecular weight excluding hydrogens is 210 g/mol. The van der Waals surface area contributed by atoms with Crippen LogP contribution in [0.1, 0.15) is 31.6 Å². The van der Waals surface area contributed by atoms with Crippen molar-refractivity contribution in [3.8, 4) is 0 Å². The summed E-state index contributed by atoms with van der Waals surface area (Å²) in [5.41, 5.74) is 5.23. The minimum absolute atomic E-state index is 0.119. The molecule has 1 rings (SSSR count). The maximum Gasteiger partial charge on any atom is 0.228 e. The molecule has 0 saturated heterocycles. The van der Waals surface area contributed by atoms with Gasteiger partial charge in [-0.2, -0.15) is 0 Å². The third kappa shape index (κ3) is 3.26. The normalized spacial score (nSPS) is 13.4. The Labute approximate surface area is 92.7 Å². The number of imidazole rings is 1. The summed E-state index contributed by atoms with van der Waals surface area (Å²) in [6.07, 6.45) is 3.88. The van der Waals surface area contributed by atoms with Gasteiger partial charge >= 0.3 is 0 Å². The summed E-state index contributed by atoms with van der Waals surface area (Å²) in [5, 5.41) is 13.8. The molecule has 1 unspecified atom stereocenters. The van der Waals surface area contributed by atoms with Crippen molar-refractivity contribution in [1.29, 1.82) is 0 Å². The lowest BCUT2D eigenvalue weighted by Gasteiger charge is -2.14. The molecule has 88 valence electrons. The summed E-state index contributed by atoms with van der Waals surface area (Å²) >= 11 is 0. The Balaban J connectivity index is 2.54. The Morgan fingerprint density at radius 1 is 1.81 bits per heavy atom. The van der Waals surface area contributed by atoms with E-state index in [4.69, 9.17) is 10.9 Å². The number of H-pyrrole nitrogens is 1. The van der Waals surface area contributed by atoms with Gasteiger partial charge in [-0.15, -0.1) is 0 Å². The molecule has 1 amide bonds. The lowest BCUT2D eigenvalue weighted by atomic mass is 10.2. The maximum absolute atomic E-state index is 11.5. The number of aromatic nitrogens is 2. The van der Waals surface area contributed by atoms with Crippen molar-refractivity contribution < 1.29 is 10.0 Å². The average Bonchev–Trinajstić information content (AvgIpc) is 2.79. The van der Waals surface area contributed by atoms with Crippen molar-refractivity contribution in [2.45, 2.75) is 25.8 Å². The van der Waals surface area contributed by atoms with Gasteiger partial charge in [0.1, 0.15) is 11.7 Å². The van der Waals surface area contributed by atoms with E-state index in [0.29, 0.717) is 12.2 Å². The topological polar surface area (TPSA) is 116 Å². The number of nitrogens with zero attached hydrogens (tertiary/aromatic N) is 2. The molecule has 0 radical (unpaired) electrons. The van der Waals surface area contributed by atoms with Crippen LogP contribution in [-0.4, -0.2) is 26.9 Å². The van der Waals surface area contributed by atoms with Gasteiger partial charge in [-0.05, 0) is 6.42 Å². The molecule has 5 N–H and O–H groups in total. The van der Waals surface area contributed by atoms with Crippen molar-refractivity contribution in [3.05, 3.63) is 18.2 Å². The van der Waals surface area contributed by atoms with E-state index in [0.717, 1.165) is 0 Å². The van der Waals surface area contributed by atoms with Gasteiger partial charge in [0.2, 0.25) is 5.91 Å². The minimum Gasteiger partial charge on any atom is -0.409 e. The summed E-state index contributed by atoms with van der Waals surface area (Å²) in [7, 11) is 0.